The molecule has 1 saturated carbocycles. The highest BCUT2D eigenvalue weighted by molar-refractivity contribution is 5.66. The fourth-order valence-electron chi connectivity index (χ4n) is 3.41. The van der Waals surface area contributed by atoms with Gasteiger partial charge >= 0.3 is 5.97 Å². The lowest BCUT2D eigenvalue weighted by molar-refractivity contribution is -0.137. The second-order valence-electron chi connectivity index (χ2n) is 6.82. The van der Waals surface area contributed by atoms with Crippen LogP contribution in [0.4, 0.5) is 0 Å². The number of carboxylic acids is 1. The number of hydrogen-bond acceptors (Lipinski definition) is 2. The van der Waals surface area contributed by atoms with Gasteiger partial charge in [0, 0.05) is 12.8 Å². The molecule has 23 heavy (non-hydrogen) atoms. The van der Waals surface area contributed by atoms with Crippen molar-refractivity contribution in [2.45, 2.75) is 84.0 Å². The van der Waals surface area contributed by atoms with Crippen LogP contribution in [-0.2, 0) is 4.79 Å². The molecule has 0 spiro atoms. The van der Waals surface area contributed by atoms with E-state index in [-0.39, 0.29) is 6.42 Å². The van der Waals surface area contributed by atoms with E-state index in [1.54, 1.807) is 0 Å². The number of carboxylic acid groups (broad SMARTS) is 1. The second-order valence-corrected chi connectivity index (χ2v) is 6.82. The number of aliphatic hydroxyl groups excluding tert-OH is 1. The van der Waals surface area contributed by atoms with Crippen molar-refractivity contribution in [3.63, 3.8) is 0 Å². The van der Waals surface area contributed by atoms with Gasteiger partial charge in [-0.1, -0.05) is 44.8 Å². The Balaban J connectivity index is 2.27. The molecule has 3 heteroatoms. The van der Waals surface area contributed by atoms with Gasteiger partial charge in [0.05, 0.1) is 5.76 Å². The van der Waals surface area contributed by atoms with Crippen LogP contribution in [0.1, 0.15) is 84.0 Å². The molecule has 1 aliphatic rings. The number of rotatable bonds is 12. The molecule has 0 bridgehead atoms. The minimum atomic E-state index is -0.766. The summed E-state index contributed by atoms with van der Waals surface area (Å²) in [6, 6.07) is 0. The molecule has 0 aliphatic heterocycles. The van der Waals surface area contributed by atoms with Crippen molar-refractivity contribution in [3.05, 3.63) is 24.0 Å². The minimum absolute atomic E-state index is 0.177. The molecule has 0 aromatic heterocycles. The van der Waals surface area contributed by atoms with Crippen LogP contribution < -0.4 is 0 Å². The summed E-state index contributed by atoms with van der Waals surface area (Å²) >= 11 is 0. The average molecular weight is 322 g/mol. The Labute approximate surface area is 141 Å². The number of carbonyl (C=O) groups is 1. The molecular weight excluding hydrogens is 288 g/mol. The van der Waals surface area contributed by atoms with Crippen molar-refractivity contribution < 1.29 is 15.0 Å². The van der Waals surface area contributed by atoms with Crippen molar-refractivity contribution in [1.29, 1.82) is 0 Å². The van der Waals surface area contributed by atoms with Crippen LogP contribution in [0.2, 0.25) is 0 Å². The van der Waals surface area contributed by atoms with Gasteiger partial charge in [-0.25, -0.2) is 0 Å². The first-order valence-corrected chi connectivity index (χ1v) is 9.40. The Bertz CT molecular complexity index is 384. The third-order valence-electron chi connectivity index (χ3n) is 4.77. The zero-order chi connectivity index (χ0) is 16.9. The molecule has 3 nitrogen and oxygen atoms in total. The molecule has 0 heterocycles. The zero-order valence-electron chi connectivity index (χ0n) is 14.7. The predicted molar refractivity (Wildman–Crippen MR) is 95.5 cm³/mol. The van der Waals surface area contributed by atoms with Gasteiger partial charge in [0.2, 0.25) is 0 Å². The Morgan fingerprint density at radius 1 is 1.09 bits per heavy atom. The van der Waals surface area contributed by atoms with E-state index in [1.807, 2.05) is 6.08 Å². The lowest BCUT2D eigenvalue weighted by Gasteiger charge is -2.16. The molecule has 1 unspecified atom stereocenters. The topological polar surface area (TPSA) is 57.5 Å². The summed E-state index contributed by atoms with van der Waals surface area (Å²) in [7, 11) is 0. The van der Waals surface area contributed by atoms with E-state index in [1.165, 1.54) is 51.4 Å². The van der Waals surface area contributed by atoms with Crippen LogP contribution in [0, 0.1) is 11.8 Å². The van der Waals surface area contributed by atoms with Crippen LogP contribution in [-0.4, -0.2) is 16.2 Å². The first-order valence-electron chi connectivity index (χ1n) is 9.40. The van der Waals surface area contributed by atoms with Gasteiger partial charge < -0.3 is 10.2 Å². The lowest BCUT2D eigenvalue weighted by atomic mass is 9.91. The summed E-state index contributed by atoms with van der Waals surface area (Å²) in [5.41, 5.74) is 0. The summed E-state index contributed by atoms with van der Waals surface area (Å²) in [5.74, 6) is 0.842. The van der Waals surface area contributed by atoms with Crippen molar-refractivity contribution in [3.8, 4) is 0 Å². The molecule has 0 amide bonds. The van der Waals surface area contributed by atoms with Crippen LogP contribution in [0.5, 0.6) is 0 Å². The quantitative estimate of drug-likeness (QED) is 0.262. The van der Waals surface area contributed by atoms with E-state index < -0.39 is 5.97 Å². The van der Waals surface area contributed by atoms with Crippen LogP contribution in [0.15, 0.2) is 24.0 Å². The normalized spacial score (nSPS) is 22.0. The summed E-state index contributed by atoms with van der Waals surface area (Å²) in [4.78, 5) is 10.5. The molecule has 0 radical (unpaired) electrons. The highest BCUT2D eigenvalue weighted by Gasteiger charge is 2.25. The van der Waals surface area contributed by atoms with Gasteiger partial charge in [-0.2, -0.15) is 0 Å². The molecule has 1 aliphatic carbocycles. The standard InChI is InChI=1S/C20H34O3/c1-2-3-4-5-6-7-11-17-12-10-13-18(17)16-19(21)14-8-9-15-20(22)23/h7,11,14,17-18,21H,2-6,8-10,12-13,15-16H2,1H3,(H,22,23)/b11-7+,19-14-/t17?,18-/m1/s1. The predicted octanol–water partition coefficient (Wildman–Crippen LogP) is 6.02. The highest BCUT2D eigenvalue weighted by atomic mass is 16.4. The number of unbranched alkanes of at least 4 members (excludes halogenated alkanes) is 5. The van der Waals surface area contributed by atoms with Gasteiger partial charge in [-0.05, 0) is 56.4 Å². The smallest absolute Gasteiger partial charge is 0.303 e. The van der Waals surface area contributed by atoms with Crippen LogP contribution >= 0.6 is 0 Å². The highest BCUT2D eigenvalue weighted by Crippen LogP contribution is 2.36. The maximum atomic E-state index is 10.5. The summed E-state index contributed by atoms with van der Waals surface area (Å²) < 4.78 is 0. The monoisotopic (exact) mass is 322 g/mol. The Morgan fingerprint density at radius 3 is 2.65 bits per heavy atom. The third kappa shape index (κ3) is 9.47. The fourth-order valence-corrected chi connectivity index (χ4v) is 3.41. The van der Waals surface area contributed by atoms with E-state index >= 15 is 0 Å². The molecule has 1 rings (SSSR count). The average Bonchev–Trinajstić information content (AvgIpc) is 2.94. The van der Waals surface area contributed by atoms with Crippen molar-refractivity contribution in [2.24, 2.45) is 11.8 Å². The van der Waals surface area contributed by atoms with Crippen molar-refractivity contribution in [2.75, 3.05) is 0 Å². The Morgan fingerprint density at radius 2 is 1.91 bits per heavy atom. The van der Waals surface area contributed by atoms with Gasteiger partial charge in [0.25, 0.3) is 0 Å². The van der Waals surface area contributed by atoms with E-state index in [2.05, 4.69) is 19.1 Å². The molecule has 2 atom stereocenters. The lowest BCUT2D eigenvalue weighted by Crippen LogP contribution is -2.06. The summed E-state index contributed by atoms with van der Waals surface area (Å²) in [6.45, 7) is 2.24. The van der Waals surface area contributed by atoms with E-state index in [0.717, 1.165) is 6.42 Å². The summed E-state index contributed by atoms with van der Waals surface area (Å²) in [6.07, 6.45) is 18.8. The first-order chi connectivity index (χ1) is 11.1. The fraction of sp³-hybridized carbons (Fsp3) is 0.750. The molecule has 1 fully saturated rings. The number of allylic oxidation sites excluding steroid dienone is 4. The number of aliphatic carboxylic acids is 1. The molecule has 0 saturated heterocycles. The zero-order valence-corrected chi connectivity index (χ0v) is 14.7. The first kappa shape index (κ1) is 19.8. The Kier molecular flexibility index (Phi) is 10.5. The van der Waals surface area contributed by atoms with E-state index in [0.29, 0.717) is 30.4 Å². The molecule has 132 valence electrons. The molecule has 2 N–H and O–H groups in total. The molecule has 0 aromatic carbocycles. The van der Waals surface area contributed by atoms with Crippen molar-refractivity contribution >= 4 is 5.97 Å². The van der Waals surface area contributed by atoms with Crippen LogP contribution in [0.25, 0.3) is 0 Å². The maximum Gasteiger partial charge on any atom is 0.303 e. The van der Waals surface area contributed by atoms with Crippen LogP contribution in [0.3, 0.4) is 0 Å². The second kappa shape index (κ2) is 12.2. The minimum Gasteiger partial charge on any atom is -0.513 e. The maximum absolute atomic E-state index is 10.5. The molecular formula is C20H34O3. The molecule has 0 aromatic rings. The number of hydrogen-bond donors (Lipinski definition) is 2. The van der Waals surface area contributed by atoms with Gasteiger partial charge in [0.15, 0.2) is 0 Å². The van der Waals surface area contributed by atoms with Gasteiger partial charge in [-0.15, -0.1) is 0 Å². The SMILES string of the molecule is CCCCCC/C=C/C1CCC[C@@H]1C/C(O)=C/CCCC(=O)O. The van der Waals surface area contributed by atoms with Gasteiger partial charge in [0.1, 0.15) is 0 Å². The van der Waals surface area contributed by atoms with E-state index in [9.17, 15) is 9.90 Å². The van der Waals surface area contributed by atoms with Gasteiger partial charge in [-0.3, -0.25) is 4.79 Å². The number of aliphatic hydroxyl groups is 1. The summed E-state index contributed by atoms with van der Waals surface area (Å²) in [5, 5.41) is 18.7. The van der Waals surface area contributed by atoms with Crippen molar-refractivity contribution in [1.82, 2.24) is 0 Å². The van der Waals surface area contributed by atoms with E-state index in [4.69, 9.17) is 5.11 Å². The Hall–Kier alpha value is -1.25. The third-order valence-corrected chi connectivity index (χ3v) is 4.77. The largest absolute Gasteiger partial charge is 0.513 e.